The molecule has 0 aliphatic carbocycles. The van der Waals surface area contributed by atoms with Crippen molar-refractivity contribution >= 4 is 17.4 Å². The fourth-order valence-electron chi connectivity index (χ4n) is 3.91. The number of likely N-dealkylation sites (N-methyl/N-ethyl adjacent to an activating group) is 1. The lowest BCUT2D eigenvalue weighted by Crippen LogP contribution is -2.48. The minimum Gasteiger partial charge on any atom is -0.336 e. The molecule has 2 aromatic carbocycles. The van der Waals surface area contributed by atoms with Crippen molar-refractivity contribution in [2.75, 3.05) is 44.7 Å². The molecule has 0 atom stereocenters. The Kier molecular flexibility index (Phi) is 6.28. The first-order valence-corrected chi connectivity index (χ1v) is 10.8. The molecule has 160 valence electrons. The molecular formula is C25H29N5O. The molecule has 0 radical (unpaired) electrons. The van der Waals surface area contributed by atoms with Gasteiger partial charge in [-0.15, -0.1) is 0 Å². The van der Waals surface area contributed by atoms with E-state index < -0.39 is 0 Å². The number of hydrogen-bond donors (Lipinski definition) is 0. The number of benzene rings is 2. The first kappa shape index (κ1) is 21.0. The van der Waals surface area contributed by atoms with Crippen molar-refractivity contribution in [3.63, 3.8) is 0 Å². The van der Waals surface area contributed by atoms with E-state index in [2.05, 4.69) is 22.9 Å². The number of piperazine rings is 1. The molecule has 0 N–H and O–H groups in total. The molecule has 2 heterocycles. The third kappa shape index (κ3) is 4.59. The Hall–Kier alpha value is -3.25. The summed E-state index contributed by atoms with van der Waals surface area (Å²) in [5.41, 5.74) is 3.60. The Balaban J connectivity index is 1.72. The van der Waals surface area contributed by atoms with Crippen LogP contribution >= 0.6 is 0 Å². The molecule has 3 aromatic rings. The number of anilines is 2. The average molecular weight is 416 g/mol. The van der Waals surface area contributed by atoms with Gasteiger partial charge in [-0.05, 0) is 31.7 Å². The molecule has 0 bridgehead atoms. The zero-order chi connectivity index (χ0) is 21.8. The average Bonchev–Trinajstić information content (AvgIpc) is 2.83. The van der Waals surface area contributed by atoms with E-state index >= 15 is 0 Å². The van der Waals surface area contributed by atoms with E-state index in [4.69, 9.17) is 4.98 Å². The highest BCUT2D eigenvalue weighted by Crippen LogP contribution is 2.28. The van der Waals surface area contributed by atoms with Gasteiger partial charge >= 0.3 is 0 Å². The zero-order valence-corrected chi connectivity index (χ0v) is 18.5. The molecule has 1 aliphatic rings. The van der Waals surface area contributed by atoms with Crippen LogP contribution < -0.4 is 4.90 Å². The molecule has 1 fully saturated rings. The highest BCUT2D eigenvalue weighted by molar-refractivity contribution is 5.99. The van der Waals surface area contributed by atoms with Gasteiger partial charge in [-0.1, -0.05) is 48.9 Å². The van der Waals surface area contributed by atoms with Crippen LogP contribution in [0.3, 0.4) is 0 Å². The number of para-hydroxylation sites is 1. The fourth-order valence-corrected chi connectivity index (χ4v) is 3.91. The maximum atomic E-state index is 13.5. The van der Waals surface area contributed by atoms with Crippen LogP contribution in [0.4, 0.5) is 11.5 Å². The van der Waals surface area contributed by atoms with Crippen molar-refractivity contribution in [1.29, 1.82) is 0 Å². The summed E-state index contributed by atoms with van der Waals surface area (Å²) in [4.78, 5) is 29.1. The number of nitrogens with zero attached hydrogens (tertiary/aromatic N) is 5. The largest absolute Gasteiger partial charge is 0.336 e. The predicted octanol–water partition coefficient (Wildman–Crippen LogP) is 4.00. The fraction of sp³-hybridized carbons (Fsp3) is 0.320. The minimum absolute atomic E-state index is 0.00988. The van der Waals surface area contributed by atoms with Crippen LogP contribution in [0.5, 0.6) is 0 Å². The molecule has 31 heavy (non-hydrogen) atoms. The number of carbonyl (C=O) groups excluding carboxylic acids is 1. The van der Waals surface area contributed by atoms with Gasteiger partial charge in [-0.3, -0.25) is 4.79 Å². The van der Waals surface area contributed by atoms with E-state index in [1.54, 1.807) is 6.20 Å². The van der Waals surface area contributed by atoms with E-state index in [0.717, 1.165) is 49.5 Å². The van der Waals surface area contributed by atoms with Crippen molar-refractivity contribution < 1.29 is 4.79 Å². The molecule has 0 unspecified atom stereocenters. The topological polar surface area (TPSA) is 52.6 Å². The normalized spacial score (nSPS) is 14.5. The Morgan fingerprint density at radius 3 is 2.45 bits per heavy atom. The van der Waals surface area contributed by atoms with Gasteiger partial charge in [0.1, 0.15) is 11.4 Å². The second-order valence-corrected chi connectivity index (χ2v) is 7.92. The summed E-state index contributed by atoms with van der Waals surface area (Å²) in [5, 5.41) is 0. The highest BCUT2D eigenvalue weighted by atomic mass is 16.2. The maximum Gasteiger partial charge on any atom is 0.259 e. The van der Waals surface area contributed by atoms with Gasteiger partial charge in [-0.2, -0.15) is 0 Å². The standard InChI is InChI=1S/C25H29N5O/c1-4-29-13-15-30(16-14-29)25(31)22-18-26-23(20-10-8-9-19(2)17-20)27-24(22)28(3)21-11-6-5-7-12-21/h5-12,17-18H,4,13-16H2,1-3H3. The van der Waals surface area contributed by atoms with Gasteiger partial charge < -0.3 is 14.7 Å². The van der Waals surface area contributed by atoms with Crippen LogP contribution in [0.15, 0.2) is 60.8 Å². The minimum atomic E-state index is -0.00988. The maximum absolute atomic E-state index is 13.5. The quantitative estimate of drug-likeness (QED) is 0.631. The summed E-state index contributed by atoms with van der Waals surface area (Å²) in [6.07, 6.45) is 1.69. The van der Waals surface area contributed by atoms with Crippen molar-refractivity contribution in [2.24, 2.45) is 0 Å². The molecular weight excluding hydrogens is 386 g/mol. The summed E-state index contributed by atoms with van der Waals surface area (Å²) in [6.45, 7) is 8.46. The molecule has 1 saturated heterocycles. The summed E-state index contributed by atoms with van der Waals surface area (Å²) in [6, 6.07) is 18.1. The summed E-state index contributed by atoms with van der Waals surface area (Å²) in [5.74, 6) is 1.23. The third-order valence-corrected chi connectivity index (χ3v) is 5.84. The van der Waals surface area contributed by atoms with E-state index in [1.807, 2.05) is 72.3 Å². The lowest BCUT2D eigenvalue weighted by molar-refractivity contribution is 0.0643. The number of aryl methyl sites for hydroxylation is 1. The number of carbonyl (C=O) groups is 1. The first-order chi connectivity index (χ1) is 15.1. The van der Waals surface area contributed by atoms with Crippen molar-refractivity contribution in [1.82, 2.24) is 19.8 Å². The summed E-state index contributed by atoms with van der Waals surface area (Å²) < 4.78 is 0. The molecule has 0 saturated carbocycles. The first-order valence-electron chi connectivity index (χ1n) is 10.8. The lowest BCUT2D eigenvalue weighted by atomic mass is 10.1. The summed E-state index contributed by atoms with van der Waals surface area (Å²) in [7, 11) is 1.95. The van der Waals surface area contributed by atoms with Gasteiger partial charge in [0, 0.05) is 50.7 Å². The third-order valence-electron chi connectivity index (χ3n) is 5.84. The number of aromatic nitrogens is 2. The van der Waals surface area contributed by atoms with Gasteiger partial charge in [0.2, 0.25) is 0 Å². The van der Waals surface area contributed by atoms with Gasteiger partial charge in [0.05, 0.1) is 0 Å². The molecule has 1 aliphatic heterocycles. The van der Waals surface area contributed by atoms with Crippen LogP contribution in [0.25, 0.3) is 11.4 Å². The van der Waals surface area contributed by atoms with Crippen LogP contribution in [0, 0.1) is 6.92 Å². The van der Waals surface area contributed by atoms with Crippen molar-refractivity contribution in [2.45, 2.75) is 13.8 Å². The second kappa shape index (κ2) is 9.27. The van der Waals surface area contributed by atoms with Crippen LogP contribution in [-0.4, -0.2) is 65.4 Å². The number of rotatable bonds is 5. The van der Waals surface area contributed by atoms with Crippen molar-refractivity contribution in [3.05, 3.63) is 71.9 Å². The molecule has 1 amide bonds. The Morgan fingerprint density at radius 2 is 1.77 bits per heavy atom. The Bertz CT molecular complexity index is 1040. The van der Waals surface area contributed by atoms with Gasteiger partial charge in [0.15, 0.2) is 5.82 Å². The molecule has 0 spiro atoms. The van der Waals surface area contributed by atoms with E-state index in [-0.39, 0.29) is 5.91 Å². The van der Waals surface area contributed by atoms with E-state index in [9.17, 15) is 4.79 Å². The van der Waals surface area contributed by atoms with Crippen LogP contribution in [0.2, 0.25) is 0 Å². The molecule has 6 heteroatoms. The molecule has 6 nitrogen and oxygen atoms in total. The summed E-state index contributed by atoms with van der Waals surface area (Å²) >= 11 is 0. The second-order valence-electron chi connectivity index (χ2n) is 7.92. The van der Waals surface area contributed by atoms with Crippen LogP contribution in [-0.2, 0) is 0 Å². The predicted molar refractivity (Wildman–Crippen MR) is 125 cm³/mol. The lowest BCUT2D eigenvalue weighted by Gasteiger charge is -2.34. The smallest absolute Gasteiger partial charge is 0.259 e. The monoisotopic (exact) mass is 415 g/mol. The Morgan fingerprint density at radius 1 is 1.03 bits per heavy atom. The van der Waals surface area contributed by atoms with E-state index in [0.29, 0.717) is 17.2 Å². The van der Waals surface area contributed by atoms with Gasteiger partial charge in [0.25, 0.3) is 5.91 Å². The zero-order valence-electron chi connectivity index (χ0n) is 18.5. The SMILES string of the molecule is CCN1CCN(C(=O)c2cnc(-c3cccc(C)c3)nc2N(C)c2ccccc2)CC1. The Labute approximate surface area is 184 Å². The highest BCUT2D eigenvalue weighted by Gasteiger charge is 2.26. The number of hydrogen-bond acceptors (Lipinski definition) is 5. The van der Waals surface area contributed by atoms with E-state index in [1.165, 1.54) is 0 Å². The molecule has 1 aromatic heterocycles. The van der Waals surface area contributed by atoms with Crippen LogP contribution in [0.1, 0.15) is 22.8 Å². The van der Waals surface area contributed by atoms with Gasteiger partial charge in [-0.25, -0.2) is 9.97 Å². The van der Waals surface area contributed by atoms with Crippen molar-refractivity contribution in [3.8, 4) is 11.4 Å². The number of amides is 1. The molecule has 4 rings (SSSR count).